The maximum absolute atomic E-state index is 11.2. The Kier molecular flexibility index (Phi) is 13.9. The predicted molar refractivity (Wildman–Crippen MR) is 68.6 cm³/mol. The van der Waals surface area contributed by atoms with Crippen molar-refractivity contribution in [2.24, 2.45) is 0 Å². The smallest absolute Gasteiger partial charge is 0.332 e. The van der Waals surface area contributed by atoms with Gasteiger partial charge in [-0.1, -0.05) is 26.2 Å². The van der Waals surface area contributed by atoms with Crippen LogP contribution in [0.1, 0.15) is 32.6 Å². The van der Waals surface area contributed by atoms with Gasteiger partial charge in [-0.3, -0.25) is 0 Å². The van der Waals surface area contributed by atoms with Crippen LogP contribution < -0.4 is 0 Å². The van der Waals surface area contributed by atoms with Gasteiger partial charge in [0.25, 0.3) is 0 Å². The molecule has 0 rings (SSSR count). The first-order valence-electron chi connectivity index (χ1n) is 6.61. The normalized spacial score (nSPS) is 10.6. The summed E-state index contributed by atoms with van der Waals surface area (Å²) in [7, 11) is 1.62. The predicted octanol–water partition coefficient (Wildman–Crippen LogP) is 1.79. The number of methoxy groups -OCH3 is 1. The van der Waals surface area contributed by atoms with Gasteiger partial charge >= 0.3 is 5.97 Å². The van der Waals surface area contributed by atoms with Crippen LogP contribution in [0.2, 0.25) is 0 Å². The van der Waals surface area contributed by atoms with E-state index in [-0.39, 0.29) is 12.6 Å². The van der Waals surface area contributed by atoms with E-state index < -0.39 is 0 Å². The summed E-state index contributed by atoms with van der Waals surface area (Å²) in [5.41, 5.74) is 0. The molecule has 0 unspecified atom stereocenters. The minimum absolute atomic E-state index is 0.00140. The zero-order valence-corrected chi connectivity index (χ0v) is 11.6. The molecule has 0 saturated heterocycles. The van der Waals surface area contributed by atoms with Gasteiger partial charge in [-0.05, 0) is 6.42 Å². The van der Waals surface area contributed by atoms with Crippen molar-refractivity contribution >= 4 is 5.97 Å². The molecule has 0 aliphatic rings. The molecule has 18 heavy (non-hydrogen) atoms. The monoisotopic (exact) mass is 262 g/mol. The van der Waals surface area contributed by atoms with Crippen molar-refractivity contribution in [3.8, 4) is 0 Å². The Balaban J connectivity index is 3.12. The highest BCUT2D eigenvalue weighted by atomic mass is 16.6. The summed E-state index contributed by atoms with van der Waals surface area (Å²) in [6.07, 6.45) is 4.41. The van der Waals surface area contributed by atoms with E-state index in [1.54, 1.807) is 7.11 Å². The highest BCUT2D eigenvalue weighted by molar-refractivity contribution is 5.70. The van der Waals surface area contributed by atoms with E-state index in [9.17, 15) is 4.79 Å². The molecule has 0 bridgehead atoms. The summed E-state index contributed by atoms with van der Waals surface area (Å²) in [5.74, 6) is -0.302. The number of unbranched alkanes of at least 4 members (excludes halogenated alkanes) is 3. The lowest BCUT2D eigenvalue weighted by Gasteiger charge is -2.06. The van der Waals surface area contributed by atoms with Gasteiger partial charge in [-0.25, -0.2) is 4.79 Å². The Morgan fingerprint density at radius 3 is 2.33 bits per heavy atom. The fraction of sp³-hybridized carbons (Fsp3) is 0.923. The molecule has 0 radical (unpaired) electrons. The molecule has 0 spiro atoms. The van der Waals surface area contributed by atoms with E-state index in [2.05, 4.69) is 6.92 Å². The summed E-state index contributed by atoms with van der Waals surface area (Å²) in [6, 6.07) is 0. The molecule has 0 saturated carbocycles. The number of esters is 1. The zero-order valence-electron chi connectivity index (χ0n) is 11.6. The second-order valence-corrected chi connectivity index (χ2v) is 3.94. The van der Waals surface area contributed by atoms with Gasteiger partial charge in [0.2, 0.25) is 0 Å². The number of hydrogen-bond acceptors (Lipinski definition) is 5. The Bertz CT molecular complexity index is 184. The molecule has 0 heterocycles. The lowest BCUT2D eigenvalue weighted by atomic mass is 10.2. The molecule has 5 nitrogen and oxygen atoms in total. The van der Waals surface area contributed by atoms with Crippen molar-refractivity contribution in [2.75, 3.05) is 46.8 Å². The van der Waals surface area contributed by atoms with Gasteiger partial charge in [0.15, 0.2) is 0 Å². The van der Waals surface area contributed by atoms with Crippen LogP contribution in [0.4, 0.5) is 0 Å². The first-order valence-corrected chi connectivity index (χ1v) is 6.61. The second-order valence-electron chi connectivity index (χ2n) is 3.94. The number of hydrogen-bond donors (Lipinski definition) is 0. The topological polar surface area (TPSA) is 54.0 Å². The van der Waals surface area contributed by atoms with Crippen LogP contribution in [-0.4, -0.2) is 52.7 Å². The molecule has 0 atom stereocenters. The van der Waals surface area contributed by atoms with E-state index in [1.807, 2.05) is 0 Å². The maximum Gasteiger partial charge on any atom is 0.332 e. The van der Waals surface area contributed by atoms with Crippen molar-refractivity contribution in [3.63, 3.8) is 0 Å². The Morgan fingerprint density at radius 2 is 1.61 bits per heavy atom. The van der Waals surface area contributed by atoms with Gasteiger partial charge in [0.1, 0.15) is 6.61 Å². The first-order chi connectivity index (χ1) is 8.81. The molecule has 5 heteroatoms. The summed E-state index contributed by atoms with van der Waals surface area (Å²) in [6.45, 7) is 4.62. The third kappa shape index (κ3) is 13.4. The highest BCUT2D eigenvalue weighted by Gasteiger charge is 2.02. The number of carbonyl (C=O) groups is 1. The zero-order chi connectivity index (χ0) is 13.5. The van der Waals surface area contributed by atoms with Gasteiger partial charge in [-0.2, -0.15) is 0 Å². The minimum atomic E-state index is -0.302. The van der Waals surface area contributed by atoms with Crippen molar-refractivity contribution in [1.82, 2.24) is 0 Å². The summed E-state index contributed by atoms with van der Waals surface area (Å²) in [5, 5.41) is 0. The van der Waals surface area contributed by atoms with Gasteiger partial charge < -0.3 is 18.9 Å². The number of ether oxygens (including phenoxy) is 4. The van der Waals surface area contributed by atoms with E-state index in [0.29, 0.717) is 33.0 Å². The number of rotatable bonds is 13. The van der Waals surface area contributed by atoms with Crippen molar-refractivity contribution in [3.05, 3.63) is 0 Å². The average Bonchev–Trinajstić information content (AvgIpc) is 2.37. The molecular formula is C13H26O5. The van der Waals surface area contributed by atoms with E-state index in [0.717, 1.165) is 12.8 Å². The Labute approximate surface area is 110 Å². The van der Waals surface area contributed by atoms with Crippen LogP contribution >= 0.6 is 0 Å². The SMILES string of the molecule is CCCCCCOC(=O)COCCOCCOC. The van der Waals surface area contributed by atoms with E-state index in [4.69, 9.17) is 18.9 Å². The summed E-state index contributed by atoms with van der Waals surface area (Å²) >= 11 is 0. The molecule has 108 valence electrons. The quantitative estimate of drug-likeness (QED) is 0.374. The minimum Gasteiger partial charge on any atom is -0.464 e. The largest absolute Gasteiger partial charge is 0.464 e. The molecule has 0 amide bonds. The van der Waals surface area contributed by atoms with Crippen LogP contribution in [0.15, 0.2) is 0 Å². The standard InChI is InChI=1S/C13H26O5/c1-3-4-5-6-7-18-13(14)12-17-11-10-16-9-8-15-2/h3-12H2,1-2H3. The maximum atomic E-state index is 11.2. The fourth-order valence-electron chi connectivity index (χ4n) is 1.27. The molecule has 0 N–H and O–H groups in total. The molecular weight excluding hydrogens is 236 g/mol. The third-order valence-electron chi connectivity index (χ3n) is 2.28. The molecule has 0 aliphatic carbocycles. The van der Waals surface area contributed by atoms with Gasteiger partial charge in [-0.15, -0.1) is 0 Å². The Hall–Kier alpha value is -0.650. The third-order valence-corrected chi connectivity index (χ3v) is 2.28. The van der Waals surface area contributed by atoms with Crippen molar-refractivity contribution < 1.29 is 23.7 Å². The second kappa shape index (κ2) is 14.4. The molecule has 0 fully saturated rings. The van der Waals surface area contributed by atoms with Crippen LogP contribution in [0.3, 0.4) is 0 Å². The lowest BCUT2D eigenvalue weighted by Crippen LogP contribution is -2.16. The summed E-state index contributed by atoms with van der Waals surface area (Å²) in [4.78, 5) is 11.2. The van der Waals surface area contributed by atoms with Gasteiger partial charge in [0, 0.05) is 7.11 Å². The van der Waals surface area contributed by atoms with Gasteiger partial charge in [0.05, 0.1) is 33.0 Å². The lowest BCUT2D eigenvalue weighted by molar-refractivity contribution is -0.149. The van der Waals surface area contributed by atoms with Crippen molar-refractivity contribution in [1.29, 1.82) is 0 Å². The first kappa shape index (κ1) is 17.4. The summed E-state index contributed by atoms with van der Waals surface area (Å²) < 4.78 is 20.1. The van der Waals surface area contributed by atoms with Crippen LogP contribution in [-0.2, 0) is 23.7 Å². The molecule has 0 aliphatic heterocycles. The average molecular weight is 262 g/mol. The fourth-order valence-corrected chi connectivity index (χ4v) is 1.27. The highest BCUT2D eigenvalue weighted by Crippen LogP contribution is 1.98. The van der Waals surface area contributed by atoms with E-state index in [1.165, 1.54) is 12.8 Å². The Morgan fingerprint density at radius 1 is 0.889 bits per heavy atom. The molecule has 0 aromatic rings. The molecule has 0 aromatic carbocycles. The number of carbonyl (C=O) groups excluding carboxylic acids is 1. The molecule has 0 aromatic heterocycles. The van der Waals surface area contributed by atoms with Crippen LogP contribution in [0.25, 0.3) is 0 Å². The van der Waals surface area contributed by atoms with Crippen molar-refractivity contribution in [2.45, 2.75) is 32.6 Å². The van der Waals surface area contributed by atoms with Crippen LogP contribution in [0.5, 0.6) is 0 Å². The van der Waals surface area contributed by atoms with E-state index >= 15 is 0 Å². The van der Waals surface area contributed by atoms with Crippen LogP contribution in [0, 0.1) is 0 Å².